The van der Waals surface area contributed by atoms with Crippen LogP contribution in [-0.2, 0) is 4.74 Å². The van der Waals surface area contributed by atoms with E-state index in [1.54, 1.807) is 0 Å². The van der Waals surface area contributed by atoms with Crippen LogP contribution in [0.5, 0.6) is 5.75 Å². The minimum Gasteiger partial charge on any atom is -0.491 e. The number of halogens is 4. The fourth-order valence-electron chi connectivity index (χ4n) is 1.05. The Morgan fingerprint density at radius 3 is 2.47 bits per heavy atom. The summed E-state index contributed by atoms with van der Waals surface area (Å²) in [5, 5.41) is 0. The first kappa shape index (κ1) is 13.4. The zero-order valence-electron chi connectivity index (χ0n) is 8.46. The van der Waals surface area contributed by atoms with E-state index in [9.17, 15) is 22.4 Å². The number of hydrogen-bond acceptors (Lipinski definition) is 3. The Morgan fingerprint density at radius 2 is 1.88 bits per heavy atom. The zero-order valence-corrected chi connectivity index (χ0v) is 8.46. The molecule has 1 aromatic carbocycles. The molecule has 0 aromatic heterocycles. The first-order chi connectivity index (χ1) is 7.90. The molecule has 0 N–H and O–H groups in total. The summed E-state index contributed by atoms with van der Waals surface area (Å²) in [5.74, 6) is -0.737. The van der Waals surface area contributed by atoms with Gasteiger partial charge in [-0.3, -0.25) is 9.53 Å². The molecular weight excluding hydrogens is 244 g/mol. The Kier molecular flexibility index (Phi) is 4.45. The van der Waals surface area contributed by atoms with E-state index < -0.39 is 25.4 Å². The number of ether oxygens (including phenoxy) is 2. The van der Waals surface area contributed by atoms with Crippen molar-refractivity contribution in [3.05, 3.63) is 29.6 Å². The summed E-state index contributed by atoms with van der Waals surface area (Å²) in [5.41, 5.74) is 0.0386. The maximum Gasteiger partial charge on any atom is 0.522 e. The highest BCUT2D eigenvalue weighted by molar-refractivity contribution is 5.75. The van der Waals surface area contributed by atoms with E-state index in [0.29, 0.717) is 6.29 Å². The molecule has 7 heteroatoms. The maximum atomic E-state index is 12.9. The third-order valence-corrected chi connectivity index (χ3v) is 1.65. The third kappa shape index (κ3) is 5.30. The van der Waals surface area contributed by atoms with Crippen molar-refractivity contribution in [3.63, 3.8) is 0 Å². The van der Waals surface area contributed by atoms with Gasteiger partial charge in [-0.15, -0.1) is 13.2 Å². The average Bonchev–Trinajstić information content (AvgIpc) is 2.22. The summed E-state index contributed by atoms with van der Waals surface area (Å²) in [7, 11) is 0. The zero-order chi connectivity index (χ0) is 12.9. The van der Waals surface area contributed by atoms with Crippen molar-refractivity contribution in [1.29, 1.82) is 0 Å². The second-order valence-corrected chi connectivity index (χ2v) is 2.98. The first-order valence-electron chi connectivity index (χ1n) is 4.50. The maximum absolute atomic E-state index is 12.9. The van der Waals surface area contributed by atoms with E-state index in [0.717, 1.165) is 12.1 Å². The number of rotatable bonds is 5. The Balaban J connectivity index is 2.46. The molecule has 1 aromatic rings. The molecule has 0 fully saturated rings. The molecule has 17 heavy (non-hydrogen) atoms. The molecule has 1 rings (SSSR count). The molecule has 0 aliphatic carbocycles. The van der Waals surface area contributed by atoms with Crippen LogP contribution in [0.25, 0.3) is 0 Å². The molecule has 0 unspecified atom stereocenters. The van der Waals surface area contributed by atoms with E-state index in [2.05, 4.69) is 4.74 Å². The molecule has 94 valence electrons. The minimum absolute atomic E-state index is 0.0297. The summed E-state index contributed by atoms with van der Waals surface area (Å²) in [6.45, 7) is -1.11. The molecule has 0 heterocycles. The molecule has 0 amide bonds. The quantitative estimate of drug-likeness (QED) is 0.459. The van der Waals surface area contributed by atoms with Crippen LogP contribution < -0.4 is 4.74 Å². The van der Waals surface area contributed by atoms with Gasteiger partial charge in [0, 0.05) is 11.6 Å². The average molecular weight is 252 g/mol. The standard InChI is InChI=1S/C10H8F4O3/c11-8-3-7(6-15)4-9(5-8)16-1-2-17-10(12,13)14/h3-6H,1-2H2. The highest BCUT2D eigenvalue weighted by Gasteiger charge is 2.28. The van der Waals surface area contributed by atoms with Gasteiger partial charge in [-0.05, 0) is 12.1 Å². The molecule has 0 saturated heterocycles. The molecule has 0 atom stereocenters. The number of hydrogen-bond donors (Lipinski definition) is 0. The van der Waals surface area contributed by atoms with E-state index in [1.165, 1.54) is 6.07 Å². The summed E-state index contributed by atoms with van der Waals surface area (Å²) >= 11 is 0. The van der Waals surface area contributed by atoms with Crippen molar-refractivity contribution < 1.29 is 31.8 Å². The molecule has 0 aliphatic rings. The Labute approximate surface area is 93.9 Å². The predicted octanol–water partition coefficient (Wildman–Crippen LogP) is 2.55. The second-order valence-electron chi connectivity index (χ2n) is 2.98. The van der Waals surface area contributed by atoms with Gasteiger partial charge in [0.25, 0.3) is 0 Å². The fourth-order valence-corrected chi connectivity index (χ4v) is 1.05. The van der Waals surface area contributed by atoms with Gasteiger partial charge in [0.05, 0.1) is 6.61 Å². The molecule has 0 aliphatic heterocycles. The Hall–Kier alpha value is -1.63. The molecule has 0 spiro atoms. The topological polar surface area (TPSA) is 35.5 Å². The summed E-state index contributed by atoms with van der Waals surface area (Å²) in [6, 6.07) is 3.15. The van der Waals surface area contributed by atoms with Gasteiger partial charge in [-0.25, -0.2) is 4.39 Å². The van der Waals surface area contributed by atoms with Gasteiger partial charge >= 0.3 is 6.36 Å². The number of carbonyl (C=O) groups is 1. The second kappa shape index (κ2) is 5.62. The fraction of sp³-hybridized carbons (Fsp3) is 0.300. The van der Waals surface area contributed by atoms with E-state index >= 15 is 0 Å². The van der Waals surface area contributed by atoms with E-state index in [1.807, 2.05) is 0 Å². The van der Waals surface area contributed by atoms with Crippen molar-refractivity contribution in [2.24, 2.45) is 0 Å². The van der Waals surface area contributed by atoms with Crippen molar-refractivity contribution in [2.45, 2.75) is 6.36 Å². The SMILES string of the molecule is O=Cc1cc(F)cc(OCCOC(F)(F)F)c1. The number of benzene rings is 1. The molecule has 0 radical (unpaired) electrons. The lowest BCUT2D eigenvalue weighted by Crippen LogP contribution is -2.18. The predicted molar refractivity (Wildman–Crippen MR) is 49.3 cm³/mol. The van der Waals surface area contributed by atoms with Crippen molar-refractivity contribution in [1.82, 2.24) is 0 Å². The summed E-state index contributed by atoms with van der Waals surface area (Å²) in [6.07, 6.45) is -4.32. The van der Waals surface area contributed by atoms with Crippen LogP contribution >= 0.6 is 0 Å². The van der Waals surface area contributed by atoms with Gasteiger partial charge in [0.1, 0.15) is 24.5 Å². The van der Waals surface area contributed by atoms with Crippen LogP contribution in [0, 0.1) is 5.82 Å². The van der Waals surface area contributed by atoms with Crippen molar-refractivity contribution in [3.8, 4) is 5.75 Å². The lowest BCUT2D eigenvalue weighted by molar-refractivity contribution is -0.325. The van der Waals surface area contributed by atoms with Crippen LogP contribution in [-0.4, -0.2) is 25.9 Å². The van der Waals surface area contributed by atoms with E-state index in [4.69, 9.17) is 4.74 Å². The minimum atomic E-state index is -4.72. The number of aldehydes is 1. The Bertz CT molecular complexity index is 390. The van der Waals surface area contributed by atoms with Gasteiger partial charge in [-0.1, -0.05) is 0 Å². The summed E-state index contributed by atoms with van der Waals surface area (Å²) < 4.78 is 55.9. The monoisotopic (exact) mass is 252 g/mol. The molecule has 3 nitrogen and oxygen atoms in total. The first-order valence-corrected chi connectivity index (χ1v) is 4.50. The lowest BCUT2D eigenvalue weighted by Gasteiger charge is -2.09. The highest BCUT2D eigenvalue weighted by atomic mass is 19.4. The van der Waals surface area contributed by atoms with Gasteiger partial charge in [0.15, 0.2) is 0 Å². The van der Waals surface area contributed by atoms with Crippen LogP contribution in [0.1, 0.15) is 10.4 Å². The van der Waals surface area contributed by atoms with Crippen molar-refractivity contribution >= 4 is 6.29 Å². The number of alkyl halides is 3. The lowest BCUT2D eigenvalue weighted by atomic mass is 10.2. The van der Waals surface area contributed by atoms with Crippen molar-refractivity contribution in [2.75, 3.05) is 13.2 Å². The van der Waals surface area contributed by atoms with E-state index in [-0.39, 0.29) is 11.3 Å². The van der Waals surface area contributed by atoms with Gasteiger partial charge in [0.2, 0.25) is 0 Å². The molecule has 0 saturated carbocycles. The normalized spacial score (nSPS) is 11.3. The highest BCUT2D eigenvalue weighted by Crippen LogP contribution is 2.17. The largest absolute Gasteiger partial charge is 0.522 e. The van der Waals surface area contributed by atoms with Crippen LogP contribution in [0.3, 0.4) is 0 Å². The Morgan fingerprint density at radius 1 is 1.18 bits per heavy atom. The molecule has 0 bridgehead atoms. The summed E-state index contributed by atoms with van der Waals surface area (Å²) in [4.78, 5) is 10.4. The van der Waals surface area contributed by atoms with Gasteiger partial charge < -0.3 is 4.74 Å². The molecular formula is C10H8F4O3. The van der Waals surface area contributed by atoms with Gasteiger partial charge in [-0.2, -0.15) is 0 Å². The van der Waals surface area contributed by atoms with Crippen LogP contribution in [0.15, 0.2) is 18.2 Å². The number of carbonyl (C=O) groups excluding carboxylic acids is 1. The third-order valence-electron chi connectivity index (χ3n) is 1.65. The van der Waals surface area contributed by atoms with Crippen LogP contribution in [0.4, 0.5) is 17.6 Å². The smallest absolute Gasteiger partial charge is 0.491 e. The van der Waals surface area contributed by atoms with Crippen LogP contribution in [0.2, 0.25) is 0 Å².